The Hall–Kier alpha value is -4.17. The molecular weight excluding hydrogens is 486 g/mol. The van der Waals surface area contributed by atoms with Crippen LogP contribution in [0, 0.1) is 0 Å². The molecule has 3 aromatic carbocycles. The zero-order valence-electron chi connectivity index (χ0n) is 20.3. The Morgan fingerprint density at radius 3 is 2.32 bits per heavy atom. The van der Waals surface area contributed by atoms with E-state index in [-0.39, 0.29) is 11.8 Å². The van der Waals surface area contributed by atoms with Crippen LogP contribution in [0.1, 0.15) is 40.4 Å². The fourth-order valence-electron chi connectivity index (χ4n) is 3.95. The van der Waals surface area contributed by atoms with Crippen LogP contribution in [-0.2, 0) is 22.4 Å². The van der Waals surface area contributed by atoms with Crippen molar-refractivity contribution >= 4 is 46.5 Å². The van der Waals surface area contributed by atoms with Crippen molar-refractivity contribution in [3.8, 4) is 0 Å². The summed E-state index contributed by atoms with van der Waals surface area (Å²) < 4.78 is 0. The first kappa shape index (κ1) is 25.9. The Bertz CT molecular complexity index is 1340. The zero-order chi connectivity index (χ0) is 26.2. The zero-order valence-corrected chi connectivity index (χ0v) is 21.1. The number of para-hydroxylation sites is 1. The summed E-state index contributed by atoms with van der Waals surface area (Å²) in [6.07, 6.45) is 3.71. The molecule has 3 N–H and O–H groups in total. The molecule has 0 aromatic heterocycles. The summed E-state index contributed by atoms with van der Waals surface area (Å²) in [4.78, 5) is 49.9. The van der Waals surface area contributed by atoms with Crippen LogP contribution in [0.2, 0.25) is 0 Å². The first-order valence-corrected chi connectivity index (χ1v) is 12.8. The van der Waals surface area contributed by atoms with Crippen molar-refractivity contribution in [2.45, 2.75) is 32.2 Å². The maximum Gasteiger partial charge on any atom is 0.290 e. The monoisotopic (exact) mass is 513 g/mol. The van der Waals surface area contributed by atoms with Crippen LogP contribution < -0.4 is 16.0 Å². The minimum Gasteiger partial charge on any atom is -0.340 e. The van der Waals surface area contributed by atoms with Gasteiger partial charge in [0, 0.05) is 17.7 Å². The summed E-state index contributed by atoms with van der Waals surface area (Å²) in [5, 5.41) is 7.68. The predicted octanol–water partition coefficient (Wildman–Crippen LogP) is 4.94. The minimum absolute atomic E-state index is 0.295. The second kappa shape index (κ2) is 12.2. The van der Waals surface area contributed by atoms with Gasteiger partial charge < -0.3 is 10.6 Å². The molecular formula is C29H27N3O4S. The Balaban J connectivity index is 1.50. The number of imide groups is 1. The van der Waals surface area contributed by atoms with Gasteiger partial charge in [-0.2, -0.15) is 0 Å². The van der Waals surface area contributed by atoms with E-state index < -0.39 is 17.2 Å². The minimum atomic E-state index is -0.795. The van der Waals surface area contributed by atoms with Crippen molar-refractivity contribution in [3.05, 3.63) is 106 Å². The first-order chi connectivity index (χ1) is 17.9. The number of hydrogen-bond acceptors (Lipinski definition) is 5. The van der Waals surface area contributed by atoms with Gasteiger partial charge in [0.15, 0.2) is 0 Å². The molecule has 1 aliphatic rings. The van der Waals surface area contributed by atoms with Gasteiger partial charge in [0.2, 0.25) is 5.91 Å². The Kier molecular flexibility index (Phi) is 8.53. The van der Waals surface area contributed by atoms with Crippen molar-refractivity contribution in [1.82, 2.24) is 10.6 Å². The predicted molar refractivity (Wildman–Crippen MR) is 146 cm³/mol. The normalized spacial score (nSPS) is 14.8. The van der Waals surface area contributed by atoms with E-state index in [0.29, 0.717) is 22.5 Å². The second-order valence-corrected chi connectivity index (χ2v) is 9.60. The van der Waals surface area contributed by atoms with Gasteiger partial charge in [-0.1, -0.05) is 74.0 Å². The van der Waals surface area contributed by atoms with Crippen molar-refractivity contribution in [2.24, 2.45) is 0 Å². The summed E-state index contributed by atoms with van der Waals surface area (Å²) in [5.74, 6) is -1.12. The number of aryl methyl sites for hydroxylation is 1. The van der Waals surface area contributed by atoms with Gasteiger partial charge in [-0.15, -0.1) is 0 Å². The van der Waals surface area contributed by atoms with Crippen molar-refractivity contribution in [1.29, 1.82) is 0 Å². The number of hydrogen-bond donors (Lipinski definition) is 3. The third-order valence-electron chi connectivity index (χ3n) is 5.81. The van der Waals surface area contributed by atoms with Gasteiger partial charge in [0.25, 0.3) is 17.1 Å². The molecule has 188 valence electrons. The fraction of sp³-hybridized carbons (Fsp3) is 0.172. The third-order valence-corrected chi connectivity index (χ3v) is 6.62. The molecule has 0 aliphatic carbocycles. The van der Waals surface area contributed by atoms with E-state index in [1.54, 1.807) is 30.3 Å². The SMILES string of the molecule is CCCc1ccccc1NC(=O)[C@H](Cc1ccccc1)NC(=O)c1ccc(/C=C2\SC(=O)NC2=O)cc1. The molecule has 4 rings (SSSR count). The van der Waals surface area contributed by atoms with Crippen LogP contribution in [0.3, 0.4) is 0 Å². The molecule has 0 bridgehead atoms. The van der Waals surface area contributed by atoms with E-state index >= 15 is 0 Å². The maximum absolute atomic E-state index is 13.3. The van der Waals surface area contributed by atoms with Crippen LogP contribution in [0.15, 0.2) is 83.8 Å². The number of benzene rings is 3. The summed E-state index contributed by atoms with van der Waals surface area (Å²) in [5.41, 5.74) is 3.76. The molecule has 8 heteroatoms. The lowest BCUT2D eigenvalue weighted by atomic mass is 10.0. The maximum atomic E-state index is 13.3. The molecule has 1 saturated heterocycles. The molecule has 1 atom stereocenters. The van der Waals surface area contributed by atoms with Gasteiger partial charge >= 0.3 is 0 Å². The highest BCUT2D eigenvalue weighted by molar-refractivity contribution is 8.18. The number of nitrogens with one attached hydrogen (secondary N) is 3. The standard InChI is InChI=1S/C29H27N3O4S/c1-2-8-21-11-6-7-12-23(21)30-27(34)24(17-19-9-4-3-5-10-19)31-26(33)22-15-13-20(14-16-22)18-25-28(35)32-29(36)37-25/h3-7,9-16,18,24H,2,8,17H2,1H3,(H,30,34)(H,31,33)(H,32,35,36)/b25-18-/t24-/m0/s1. The number of carbonyl (C=O) groups excluding carboxylic acids is 4. The van der Waals surface area contributed by atoms with E-state index in [2.05, 4.69) is 22.9 Å². The Morgan fingerprint density at radius 1 is 0.946 bits per heavy atom. The van der Waals surface area contributed by atoms with Crippen LogP contribution in [-0.4, -0.2) is 29.0 Å². The highest BCUT2D eigenvalue weighted by atomic mass is 32.2. The lowest BCUT2D eigenvalue weighted by molar-refractivity contribution is -0.118. The number of carbonyl (C=O) groups is 4. The summed E-state index contributed by atoms with van der Waals surface area (Å²) >= 11 is 0.834. The molecule has 37 heavy (non-hydrogen) atoms. The van der Waals surface area contributed by atoms with Crippen molar-refractivity contribution in [2.75, 3.05) is 5.32 Å². The lowest BCUT2D eigenvalue weighted by Crippen LogP contribution is -2.45. The van der Waals surface area contributed by atoms with Crippen molar-refractivity contribution in [3.63, 3.8) is 0 Å². The van der Waals surface area contributed by atoms with E-state index in [1.165, 1.54) is 0 Å². The molecule has 1 fully saturated rings. The summed E-state index contributed by atoms with van der Waals surface area (Å²) in [6.45, 7) is 2.08. The van der Waals surface area contributed by atoms with Gasteiger partial charge in [0.05, 0.1) is 4.91 Å². The van der Waals surface area contributed by atoms with Gasteiger partial charge in [-0.05, 0) is 59.1 Å². The average molecular weight is 514 g/mol. The van der Waals surface area contributed by atoms with Crippen LogP contribution >= 0.6 is 11.8 Å². The number of thioether (sulfide) groups is 1. The highest BCUT2D eigenvalue weighted by Gasteiger charge is 2.25. The Labute approximate surface area is 219 Å². The highest BCUT2D eigenvalue weighted by Crippen LogP contribution is 2.25. The van der Waals surface area contributed by atoms with E-state index in [4.69, 9.17) is 0 Å². The average Bonchev–Trinajstić information content (AvgIpc) is 3.22. The van der Waals surface area contributed by atoms with Crippen molar-refractivity contribution < 1.29 is 19.2 Å². The van der Waals surface area contributed by atoms with E-state index in [9.17, 15) is 19.2 Å². The van der Waals surface area contributed by atoms with Crippen LogP contribution in [0.5, 0.6) is 0 Å². The molecule has 3 aromatic rings. The summed E-state index contributed by atoms with van der Waals surface area (Å²) in [7, 11) is 0. The lowest BCUT2D eigenvalue weighted by Gasteiger charge is -2.20. The molecule has 4 amide bonds. The smallest absolute Gasteiger partial charge is 0.290 e. The number of anilines is 1. The molecule has 0 radical (unpaired) electrons. The molecule has 0 spiro atoms. The number of rotatable bonds is 9. The third kappa shape index (κ3) is 6.95. The Morgan fingerprint density at radius 2 is 1.65 bits per heavy atom. The van der Waals surface area contributed by atoms with E-state index in [1.807, 2.05) is 54.6 Å². The molecule has 7 nitrogen and oxygen atoms in total. The molecule has 1 heterocycles. The van der Waals surface area contributed by atoms with Gasteiger partial charge in [-0.3, -0.25) is 24.5 Å². The van der Waals surface area contributed by atoms with E-state index in [0.717, 1.165) is 41.4 Å². The van der Waals surface area contributed by atoms with Gasteiger partial charge in [-0.25, -0.2) is 0 Å². The number of amides is 4. The molecule has 0 saturated carbocycles. The molecule has 1 aliphatic heterocycles. The fourth-order valence-corrected chi connectivity index (χ4v) is 4.64. The largest absolute Gasteiger partial charge is 0.340 e. The first-order valence-electron chi connectivity index (χ1n) is 12.0. The topological polar surface area (TPSA) is 104 Å². The van der Waals surface area contributed by atoms with Crippen LogP contribution in [0.25, 0.3) is 6.08 Å². The molecule has 0 unspecified atom stereocenters. The van der Waals surface area contributed by atoms with Gasteiger partial charge in [0.1, 0.15) is 6.04 Å². The second-order valence-electron chi connectivity index (χ2n) is 8.59. The van der Waals surface area contributed by atoms with Crippen LogP contribution in [0.4, 0.5) is 10.5 Å². The quantitative estimate of drug-likeness (QED) is 0.352. The summed E-state index contributed by atoms with van der Waals surface area (Å²) in [6, 6.07) is 23.0.